The van der Waals surface area contributed by atoms with Crippen LogP contribution >= 0.6 is 0 Å². The first kappa shape index (κ1) is 15.7. The summed E-state index contributed by atoms with van der Waals surface area (Å²) >= 11 is 0. The first-order valence-corrected chi connectivity index (χ1v) is 8.04. The normalized spacial score (nSPS) is 21.1. The highest BCUT2D eigenvalue weighted by Gasteiger charge is 2.27. The van der Waals surface area contributed by atoms with Crippen LogP contribution in [-0.4, -0.2) is 33.4 Å². The Hall–Kier alpha value is -2.21. The number of hydrogen-bond acceptors (Lipinski definition) is 4. The Morgan fingerprint density at radius 1 is 1.48 bits per heavy atom. The van der Waals surface area contributed by atoms with Gasteiger partial charge in [0.05, 0.1) is 6.10 Å². The van der Waals surface area contributed by atoms with E-state index in [2.05, 4.69) is 22.3 Å². The van der Waals surface area contributed by atoms with Gasteiger partial charge in [0, 0.05) is 30.8 Å². The molecule has 1 N–H and O–H groups in total. The molecule has 1 aromatic carbocycles. The average molecular weight is 314 g/mol. The van der Waals surface area contributed by atoms with E-state index >= 15 is 0 Å². The molecule has 1 aliphatic rings. The molecule has 0 spiro atoms. The molecule has 2 aromatic rings. The number of carbonyl (C=O) groups excluding carboxylic acids is 1. The van der Waals surface area contributed by atoms with Gasteiger partial charge in [0.25, 0.3) is 0 Å². The van der Waals surface area contributed by atoms with E-state index in [0.717, 1.165) is 30.5 Å². The Kier molecular flexibility index (Phi) is 4.71. The molecule has 6 nitrogen and oxygen atoms in total. The summed E-state index contributed by atoms with van der Waals surface area (Å²) in [6, 6.07) is 7.64. The number of nitrogens with zero attached hydrogens (tertiary/aromatic N) is 3. The highest BCUT2D eigenvalue weighted by molar-refractivity contribution is 5.93. The molecule has 0 unspecified atom stereocenters. The largest absolute Gasteiger partial charge is 0.378 e. The van der Waals surface area contributed by atoms with E-state index < -0.39 is 0 Å². The van der Waals surface area contributed by atoms with Gasteiger partial charge in [-0.15, -0.1) is 0 Å². The van der Waals surface area contributed by atoms with Crippen LogP contribution in [0.15, 0.2) is 30.6 Å². The Bertz CT molecular complexity index is 683. The second kappa shape index (κ2) is 6.91. The molecule has 122 valence electrons. The van der Waals surface area contributed by atoms with E-state index in [-0.39, 0.29) is 17.9 Å². The summed E-state index contributed by atoms with van der Waals surface area (Å²) in [5.74, 6) is 0.740. The number of anilines is 1. The molecule has 23 heavy (non-hydrogen) atoms. The minimum Gasteiger partial charge on any atom is -0.378 e. The van der Waals surface area contributed by atoms with Gasteiger partial charge >= 0.3 is 0 Å². The highest BCUT2D eigenvalue weighted by Crippen LogP contribution is 2.25. The van der Waals surface area contributed by atoms with Crippen LogP contribution < -0.4 is 5.32 Å². The Morgan fingerprint density at radius 3 is 3.09 bits per heavy atom. The van der Waals surface area contributed by atoms with Crippen molar-refractivity contribution >= 4 is 11.6 Å². The summed E-state index contributed by atoms with van der Waals surface area (Å²) in [5, 5.41) is 7.30. The van der Waals surface area contributed by atoms with Crippen LogP contribution in [0.25, 0.3) is 11.4 Å². The van der Waals surface area contributed by atoms with Gasteiger partial charge in [-0.2, -0.15) is 5.10 Å². The second-order valence-electron chi connectivity index (χ2n) is 5.93. The molecule has 0 saturated carbocycles. The lowest BCUT2D eigenvalue weighted by molar-refractivity contribution is -0.124. The predicted molar refractivity (Wildman–Crippen MR) is 87.8 cm³/mol. The number of benzene rings is 1. The maximum Gasteiger partial charge on any atom is 0.227 e. The second-order valence-corrected chi connectivity index (χ2v) is 5.93. The first-order chi connectivity index (χ1) is 11.2. The summed E-state index contributed by atoms with van der Waals surface area (Å²) in [5.41, 5.74) is 1.67. The third-order valence-corrected chi connectivity index (χ3v) is 4.18. The molecule has 1 aliphatic heterocycles. The van der Waals surface area contributed by atoms with Crippen LogP contribution in [0.1, 0.15) is 26.2 Å². The summed E-state index contributed by atoms with van der Waals surface area (Å²) in [6.45, 7) is 2.75. The molecular weight excluding hydrogens is 292 g/mol. The number of carbonyl (C=O) groups is 1. The molecule has 2 atom stereocenters. The van der Waals surface area contributed by atoms with E-state index in [1.165, 1.54) is 0 Å². The quantitative estimate of drug-likeness (QED) is 0.942. The van der Waals surface area contributed by atoms with Gasteiger partial charge in [0.15, 0.2) is 5.82 Å². The molecule has 1 saturated heterocycles. The van der Waals surface area contributed by atoms with E-state index in [9.17, 15) is 4.79 Å². The fourth-order valence-corrected chi connectivity index (χ4v) is 2.85. The standard InChI is InChI=1S/C17H22N4O2/c1-3-15-10-13(7-8-23-15)17(22)19-14-6-4-5-12(9-14)16-18-11-21(2)20-16/h4-6,9,11,13,15H,3,7-8,10H2,1-2H3,(H,19,22)/t13-,15+/m0/s1. The molecule has 0 radical (unpaired) electrons. The smallest absolute Gasteiger partial charge is 0.227 e. The number of amides is 1. The van der Waals surface area contributed by atoms with Gasteiger partial charge in [-0.3, -0.25) is 9.48 Å². The van der Waals surface area contributed by atoms with Crippen LogP contribution in [0.2, 0.25) is 0 Å². The molecule has 6 heteroatoms. The topological polar surface area (TPSA) is 69.0 Å². The highest BCUT2D eigenvalue weighted by atomic mass is 16.5. The number of hydrogen-bond donors (Lipinski definition) is 1. The fraction of sp³-hybridized carbons (Fsp3) is 0.471. The minimum absolute atomic E-state index is 0.0188. The predicted octanol–water partition coefficient (Wildman–Crippen LogP) is 2.63. The Labute approximate surface area is 135 Å². The van der Waals surface area contributed by atoms with Crippen LogP contribution in [0, 0.1) is 5.92 Å². The lowest BCUT2D eigenvalue weighted by atomic mass is 9.93. The van der Waals surface area contributed by atoms with Gasteiger partial charge < -0.3 is 10.1 Å². The van der Waals surface area contributed by atoms with Crippen molar-refractivity contribution in [1.82, 2.24) is 14.8 Å². The van der Waals surface area contributed by atoms with Crippen LogP contribution in [0.5, 0.6) is 0 Å². The summed E-state index contributed by atoms with van der Waals surface area (Å²) in [7, 11) is 1.83. The van der Waals surface area contributed by atoms with Gasteiger partial charge in [-0.25, -0.2) is 4.98 Å². The third kappa shape index (κ3) is 3.76. The molecule has 3 rings (SSSR count). The molecule has 2 heterocycles. The third-order valence-electron chi connectivity index (χ3n) is 4.18. The van der Waals surface area contributed by atoms with Crippen molar-refractivity contribution in [2.24, 2.45) is 13.0 Å². The molecule has 1 aromatic heterocycles. The van der Waals surface area contributed by atoms with Crippen molar-refractivity contribution in [3.63, 3.8) is 0 Å². The van der Waals surface area contributed by atoms with E-state index in [1.54, 1.807) is 11.0 Å². The van der Waals surface area contributed by atoms with E-state index in [4.69, 9.17) is 4.74 Å². The van der Waals surface area contributed by atoms with Crippen molar-refractivity contribution in [2.45, 2.75) is 32.3 Å². The summed E-state index contributed by atoms with van der Waals surface area (Å²) < 4.78 is 7.30. The molecule has 0 aliphatic carbocycles. The number of ether oxygens (including phenoxy) is 1. The number of rotatable bonds is 4. The maximum atomic E-state index is 12.5. The van der Waals surface area contributed by atoms with Gasteiger partial charge in [0.1, 0.15) is 6.33 Å². The van der Waals surface area contributed by atoms with Gasteiger partial charge in [-0.1, -0.05) is 19.1 Å². The van der Waals surface area contributed by atoms with Crippen LogP contribution in [0.4, 0.5) is 5.69 Å². The number of aromatic nitrogens is 3. The maximum absolute atomic E-state index is 12.5. The SMILES string of the molecule is CC[C@@H]1C[C@@H](C(=O)Nc2cccc(-c3ncn(C)n3)c2)CCO1. The van der Waals surface area contributed by atoms with Crippen molar-refractivity contribution in [3.05, 3.63) is 30.6 Å². The molecule has 1 amide bonds. The molecular formula is C17H22N4O2. The van der Waals surface area contributed by atoms with Gasteiger partial charge in [0.2, 0.25) is 5.91 Å². The van der Waals surface area contributed by atoms with E-state index in [1.807, 2.05) is 31.3 Å². The lowest BCUT2D eigenvalue weighted by Gasteiger charge is -2.28. The zero-order valence-corrected chi connectivity index (χ0v) is 13.5. The lowest BCUT2D eigenvalue weighted by Crippen LogP contribution is -2.33. The van der Waals surface area contributed by atoms with Crippen molar-refractivity contribution < 1.29 is 9.53 Å². The Balaban J connectivity index is 1.69. The van der Waals surface area contributed by atoms with Crippen LogP contribution in [-0.2, 0) is 16.6 Å². The number of nitrogens with one attached hydrogen (secondary N) is 1. The zero-order valence-electron chi connectivity index (χ0n) is 13.5. The van der Waals surface area contributed by atoms with Crippen molar-refractivity contribution in [3.8, 4) is 11.4 Å². The summed E-state index contributed by atoms with van der Waals surface area (Å²) in [4.78, 5) is 16.7. The first-order valence-electron chi connectivity index (χ1n) is 8.04. The van der Waals surface area contributed by atoms with E-state index in [0.29, 0.717) is 12.4 Å². The van der Waals surface area contributed by atoms with Gasteiger partial charge in [-0.05, 0) is 31.4 Å². The van der Waals surface area contributed by atoms with Crippen molar-refractivity contribution in [2.75, 3.05) is 11.9 Å². The number of aryl methyl sites for hydroxylation is 1. The van der Waals surface area contributed by atoms with Crippen molar-refractivity contribution in [1.29, 1.82) is 0 Å². The molecule has 1 fully saturated rings. The monoisotopic (exact) mass is 314 g/mol. The minimum atomic E-state index is 0.0188. The summed E-state index contributed by atoms with van der Waals surface area (Å²) in [6.07, 6.45) is 4.38. The average Bonchev–Trinajstić information content (AvgIpc) is 3.02. The fourth-order valence-electron chi connectivity index (χ4n) is 2.85. The van der Waals surface area contributed by atoms with Crippen LogP contribution in [0.3, 0.4) is 0 Å². The Morgan fingerprint density at radius 2 is 2.35 bits per heavy atom. The molecule has 0 bridgehead atoms. The zero-order chi connectivity index (χ0) is 16.2.